The van der Waals surface area contributed by atoms with Crippen molar-refractivity contribution in [1.29, 1.82) is 0 Å². The van der Waals surface area contributed by atoms with E-state index in [1.165, 1.54) is 41.0 Å². The van der Waals surface area contributed by atoms with Crippen LogP contribution in [0.2, 0.25) is 0 Å². The fourth-order valence-electron chi connectivity index (χ4n) is 14.7. The number of benzene rings is 17. The fraction of sp³-hybridized carbons (Fsp3) is 0.00917. The third kappa shape index (κ3) is 12.5. The molecule has 0 fully saturated rings. The largest absolute Gasteiger partial charge is 0.458 e. The van der Waals surface area contributed by atoms with Crippen LogP contribution in [0.1, 0.15) is 89.2 Å². The second-order valence-electron chi connectivity index (χ2n) is 25.6. The van der Waals surface area contributed by atoms with Gasteiger partial charge in [-0.15, -0.1) is 0 Å². The number of ether oxygens (including phenoxy) is 1. The lowest BCUT2D eigenvalue weighted by Crippen LogP contribution is -2.76. The minimum absolute atomic E-state index is 0.158. The molecular weight excluding hydrogens is 1470 g/mol. The number of imidazole rings is 1. The lowest BCUT2D eigenvalue weighted by molar-refractivity contribution is -0.570. The maximum atomic E-state index is 11.7. The van der Waals surface area contributed by atoms with Crippen LogP contribution in [0.5, 0.6) is 11.5 Å². The van der Waals surface area contributed by atoms with Gasteiger partial charge < -0.3 is 4.74 Å². The summed E-state index contributed by atoms with van der Waals surface area (Å²) >= 11 is 0. The first-order valence-corrected chi connectivity index (χ1v) is 41.1. The number of nitrogens with zero attached hydrogens (tertiary/aromatic N) is 4. The van der Waals surface area contributed by atoms with Gasteiger partial charge in [-0.2, -0.15) is 0 Å². The molecule has 20 aromatic rings. The van der Waals surface area contributed by atoms with Crippen molar-refractivity contribution in [2.75, 3.05) is 0 Å². The van der Waals surface area contributed by atoms with Gasteiger partial charge in [-0.1, -0.05) is 405 Å². The second-order valence-corrected chi connectivity index (χ2v) is 36.2. The molecule has 3 heterocycles. The van der Waals surface area contributed by atoms with E-state index in [0.29, 0.717) is 16.3 Å². The Labute approximate surface area is 771 Å². The van der Waals surface area contributed by atoms with Crippen molar-refractivity contribution in [2.45, 2.75) is 6.85 Å². The lowest BCUT2D eigenvalue weighted by Gasteiger charge is -2.37. The Morgan fingerprint density at radius 1 is 0.333 bits per heavy atom. The molecule has 20 rings (SSSR count). The normalized spacial score (nSPS) is 19.2. The molecule has 8 heteroatoms. The van der Waals surface area contributed by atoms with Crippen LogP contribution in [0.15, 0.2) is 466 Å². The van der Waals surface area contributed by atoms with Crippen LogP contribution in [0.25, 0.3) is 83.4 Å². The number of aromatic nitrogens is 4. The van der Waals surface area contributed by atoms with Gasteiger partial charge in [0.15, 0.2) is 24.2 Å². The Bertz CT molecular complexity index is 10100. The molecule has 0 unspecified atom stereocenters. The number of hydrogen-bond donors (Lipinski definition) is 0. The molecule has 0 saturated carbocycles. The first-order chi connectivity index (χ1) is 83.2. The molecule has 0 atom stereocenters. The minimum Gasteiger partial charge on any atom is -0.458 e. The zero-order valence-corrected chi connectivity index (χ0v) is 62.7. The van der Waals surface area contributed by atoms with Crippen molar-refractivity contribution in [3.05, 3.63) is 478 Å². The predicted octanol–water partition coefficient (Wildman–Crippen LogP) is 17.4. The van der Waals surface area contributed by atoms with E-state index in [1.54, 1.807) is 30.3 Å². The average molecular weight is 1610 g/mol. The summed E-state index contributed by atoms with van der Waals surface area (Å²) in [5.41, 5.74) is -8.27. The third-order valence-corrected chi connectivity index (χ3v) is 31.8. The number of aryl methyl sites for hydroxylation is 1. The highest BCUT2D eigenvalue weighted by atomic mass is 28.3. The van der Waals surface area contributed by atoms with Crippen LogP contribution in [0, 0.1) is 13.2 Å². The van der Waals surface area contributed by atoms with E-state index in [4.69, 9.17) is 23.9 Å². The Balaban J connectivity index is 1.03. The van der Waals surface area contributed by atoms with Crippen LogP contribution in [-0.4, -0.2) is 38.3 Å². The molecular formula is C109H80N4OSi3. The van der Waals surface area contributed by atoms with Gasteiger partial charge in [0.25, 0.3) is 6.33 Å². The summed E-state index contributed by atoms with van der Waals surface area (Å²) in [7, 11) is -21.2. The molecule has 0 spiro atoms. The van der Waals surface area contributed by atoms with E-state index in [1.807, 2.05) is 0 Å². The highest BCUT2D eigenvalue weighted by molar-refractivity contribution is 7.21. The Morgan fingerprint density at radius 2 is 0.769 bits per heavy atom. The topological polar surface area (TPSA) is 35.9 Å². The summed E-state index contributed by atoms with van der Waals surface area (Å²) < 4.78 is 606. The number of rotatable bonds is 20. The van der Waals surface area contributed by atoms with Gasteiger partial charge in [-0.05, 0) is 151 Å². The van der Waals surface area contributed by atoms with Gasteiger partial charge in [-0.3, -0.25) is 13.7 Å². The minimum atomic E-state index is -7.16. The molecule has 0 aliphatic rings. The standard InChI is InChI=1S/C109H80N4OSi3/c1-80-72-108(110-78-102(80)81-38-12-2-13-39-81)113-103-66-33-32-64-100(103)101-70-69-87(77-105(101)113)114-86-43-36-42-85(76-86)111-79-112(104-71-68-83(75-106(104)111)82-40-34-62-97(73-82)115(88-44-14-3-15-45-88,89-46-16-4-17-47-89)90-48-18-5-19-49-90)109-99(65-37-67-107(109)117(94-56-26-9-27-57-94,95-58-28-10-29-59-95)96-60-30-11-31-61-96)84-41-35-63-98(74-84)116(91-50-20-6-21-51-91,92-52-22-7-23-53-92)93-54-24-8-25-55-93/h2-78H,1H3/i1D3,2D,3D,4D,5D,6D,7D,8D,9D,10D,11D,12D,13D,14D,15D,16D,17D,18D,19D,20D,21D,22D,23D,24D,25D,26D,27D,28D,29D,30D,31D,34D,35D,38D,39D,40D,41D,44D,45D,46D,47D,48D,49D,50D,51D,52D,53D,54D,55D,56D,57D,58D,59D,60D,61D,62D,63D,73D,74D. The SMILES string of the molecule is [2H]c1c([2H])c([2H])c(-c2cnc(-n3c4ccccc4c4ccc(Oc5cccc(-n6[c-][n+](-c7c(-c8c([2H])c([2H])c([2H])c([Si](c9c([2H])c([2H])c([2H])c([2H])c9[2H])(c9c([2H])c([2H])c([2H])c([2H])c9[2H])c9c([2H])c([2H])c([2H])c([2H])c9[2H])c8[2H])cccc7[Si](c7c([2H])c([2H])c([2H])c([2H])c7[2H])(c7c([2H])c([2H])c([2H])c([2H])c7[2H])c7c([2H])c([2H])c([2H])c([2H])c7[2H])c7ccc(-c8c([2H])c([2H])c([2H])c([Si](c9c([2H])c([2H])c([2H])c([2H])c9[2H])(c9c([2H])c([2H])c([2H])c([2H])c9[2H])c9c([2H])c([2H])c([2H])c([2H])c9[2H])c8[2H])cc76)c5)cc43)cc2C([2H])([2H])[2H])c([2H])c1[2H]. The summed E-state index contributed by atoms with van der Waals surface area (Å²) in [6.07, 6.45) is 4.14. The van der Waals surface area contributed by atoms with Crippen molar-refractivity contribution in [3.8, 4) is 62.1 Å². The Kier molecular flexibility index (Phi) is 8.38. The summed E-state index contributed by atoms with van der Waals surface area (Å²) in [5, 5.41) is -15.5. The van der Waals surface area contributed by atoms with E-state index >= 15 is 0 Å². The molecule has 0 amide bonds. The summed E-state index contributed by atoms with van der Waals surface area (Å²) in [4.78, 5) is 4.69. The van der Waals surface area contributed by atoms with Crippen LogP contribution >= 0.6 is 0 Å². The monoisotopic (exact) mass is 1610 g/mol. The highest BCUT2D eigenvalue weighted by Gasteiger charge is 2.46. The van der Waals surface area contributed by atoms with Gasteiger partial charge in [0.2, 0.25) is 0 Å². The molecule has 117 heavy (non-hydrogen) atoms. The van der Waals surface area contributed by atoms with Crippen LogP contribution < -0.4 is 71.5 Å². The summed E-state index contributed by atoms with van der Waals surface area (Å²) in [6.45, 7) is -3.15. The molecule has 3 aromatic heterocycles. The maximum absolute atomic E-state index is 11.7. The van der Waals surface area contributed by atoms with Crippen molar-refractivity contribution >= 4 is 119 Å². The van der Waals surface area contributed by atoms with E-state index in [0.717, 1.165) is 57.8 Å². The zero-order chi connectivity index (χ0) is 131. The van der Waals surface area contributed by atoms with E-state index < -0.39 is 500 Å². The molecule has 0 radical (unpaired) electrons. The van der Waals surface area contributed by atoms with Gasteiger partial charge in [0.05, 0.1) is 113 Å². The quantitative estimate of drug-likeness (QED) is 0.0330. The molecule has 0 aliphatic heterocycles. The van der Waals surface area contributed by atoms with Gasteiger partial charge in [0, 0.05) is 32.7 Å². The van der Waals surface area contributed by atoms with Crippen molar-refractivity contribution in [3.63, 3.8) is 0 Å². The van der Waals surface area contributed by atoms with Crippen LogP contribution in [-0.2, 0) is 0 Å². The molecule has 0 N–H and O–H groups in total. The van der Waals surface area contributed by atoms with E-state index in [9.17, 15) is 64.4 Å². The number of fused-ring (bicyclic) bond motifs is 4. The number of para-hydroxylation sites is 2. The summed E-state index contributed by atoms with van der Waals surface area (Å²) in [5.74, 6) is -0.640. The predicted molar refractivity (Wildman–Crippen MR) is 494 cm³/mol. The molecule has 0 saturated heterocycles. The lowest BCUT2D eigenvalue weighted by atomic mass is 10.0. The van der Waals surface area contributed by atoms with Crippen LogP contribution in [0.3, 0.4) is 0 Å². The molecule has 554 valence electrons. The van der Waals surface area contributed by atoms with Crippen molar-refractivity contribution < 1.29 is 92.9 Å². The number of hydrogen-bond acceptors (Lipinski definition) is 2. The number of pyridine rings is 1. The van der Waals surface area contributed by atoms with Crippen LogP contribution in [0.4, 0.5) is 0 Å². The van der Waals surface area contributed by atoms with Gasteiger partial charge >= 0.3 is 0 Å². The highest BCUT2D eigenvalue weighted by Crippen LogP contribution is 2.38. The molecule has 0 bridgehead atoms. The molecule has 0 aliphatic carbocycles. The van der Waals surface area contributed by atoms with Gasteiger partial charge in [0.1, 0.15) is 17.3 Å². The molecule has 5 nitrogen and oxygen atoms in total. The molecule has 17 aromatic carbocycles. The van der Waals surface area contributed by atoms with E-state index in [-0.39, 0.29) is 28.4 Å². The average Bonchev–Trinajstić information content (AvgIpc) is 0.895. The fourth-order valence-corrected chi connectivity index (χ4v) is 25.8. The second kappa shape index (κ2) is 30.8. The van der Waals surface area contributed by atoms with Crippen molar-refractivity contribution in [2.24, 2.45) is 0 Å². The zero-order valence-electron chi connectivity index (χ0n) is 121. The first kappa shape index (κ1) is 31.8. The Hall–Kier alpha value is -14.4. The van der Waals surface area contributed by atoms with E-state index in [2.05, 4.69) is 11.3 Å². The van der Waals surface area contributed by atoms with Gasteiger partial charge in [-0.25, -0.2) is 4.98 Å². The first-order valence-electron chi connectivity index (χ1n) is 65.6. The Morgan fingerprint density at radius 3 is 1.28 bits per heavy atom. The maximum Gasteiger partial charge on any atom is 0.269 e. The smallest absolute Gasteiger partial charge is 0.269 e. The third-order valence-electron chi connectivity index (χ3n) is 19.6. The summed E-state index contributed by atoms with van der Waals surface area (Å²) in [6, 6.07) is -57.8. The van der Waals surface area contributed by atoms with Crippen molar-refractivity contribution in [1.82, 2.24) is 14.1 Å².